The Morgan fingerprint density at radius 3 is 3.06 bits per heavy atom. The molecule has 1 aliphatic heterocycles. The van der Waals surface area contributed by atoms with Crippen LogP contribution >= 0.6 is 0 Å². The number of rotatable bonds is 1. The summed E-state index contributed by atoms with van der Waals surface area (Å²) in [4.78, 5) is 17.9. The van der Waals surface area contributed by atoms with Crippen LogP contribution in [0.25, 0.3) is 11.0 Å². The predicted molar refractivity (Wildman–Crippen MR) is 63.7 cm³/mol. The predicted octanol–water partition coefficient (Wildman–Crippen LogP) is -0.801. The average Bonchev–Trinajstić information content (AvgIpc) is 2.39. The second kappa shape index (κ2) is 4.10. The first-order valence-corrected chi connectivity index (χ1v) is 5.62. The molecule has 1 fully saturated rings. The average molecular weight is 245 g/mol. The fourth-order valence-electron chi connectivity index (χ4n) is 1.93. The highest BCUT2D eigenvalue weighted by Gasteiger charge is 2.21. The van der Waals surface area contributed by atoms with Crippen molar-refractivity contribution in [3.05, 3.63) is 29.5 Å². The van der Waals surface area contributed by atoms with Crippen molar-refractivity contribution < 1.29 is 9.64 Å². The molecular weight excluding hydrogens is 234 g/mol. The van der Waals surface area contributed by atoms with Crippen LogP contribution in [0.5, 0.6) is 0 Å². The minimum atomic E-state index is -0.0875. The first-order valence-electron chi connectivity index (χ1n) is 5.62. The second-order valence-electron chi connectivity index (χ2n) is 4.04. The molecule has 1 aliphatic rings. The van der Waals surface area contributed by atoms with Crippen LogP contribution in [0.15, 0.2) is 24.3 Å². The molecule has 2 aromatic rings. The van der Waals surface area contributed by atoms with E-state index in [1.54, 1.807) is 23.1 Å². The van der Waals surface area contributed by atoms with Crippen molar-refractivity contribution in [3.8, 4) is 0 Å². The molecule has 0 unspecified atom stereocenters. The number of fused-ring (bicyclic) bond motifs is 1. The zero-order valence-electron chi connectivity index (χ0n) is 9.54. The normalized spacial score (nSPS) is 15.8. The largest absolute Gasteiger partial charge is 0.594 e. The van der Waals surface area contributed by atoms with Gasteiger partial charge in [0.15, 0.2) is 0 Å². The molecular formula is C11H11N5O2. The number of nitrogens with zero attached hydrogens (tertiary/aromatic N) is 4. The molecule has 0 radical (unpaired) electrons. The third-order valence-electron chi connectivity index (χ3n) is 2.81. The molecule has 1 amide bonds. The Morgan fingerprint density at radius 1 is 1.39 bits per heavy atom. The number of carbonyl (C=O) groups excluding carboxylic acids is 1. The monoisotopic (exact) mass is 245 g/mol. The van der Waals surface area contributed by atoms with Crippen LogP contribution in [0.4, 0.5) is 5.95 Å². The van der Waals surface area contributed by atoms with Gasteiger partial charge in [0.25, 0.3) is 11.5 Å². The summed E-state index contributed by atoms with van der Waals surface area (Å²) in [6.07, 6.45) is 0. The van der Waals surface area contributed by atoms with E-state index in [0.29, 0.717) is 34.9 Å². The van der Waals surface area contributed by atoms with Crippen molar-refractivity contribution in [1.82, 2.24) is 15.4 Å². The molecule has 1 aromatic heterocycles. The third-order valence-corrected chi connectivity index (χ3v) is 2.81. The third kappa shape index (κ3) is 1.79. The van der Waals surface area contributed by atoms with Crippen LogP contribution in [0.3, 0.4) is 0 Å². The summed E-state index contributed by atoms with van der Waals surface area (Å²) in [6.45, 7) is 1.32. The van der Waals surface area contributed by atoms with Crippen LogP contribution < -0.4 is 15.1 Å². The van der Waals surface area contributed by atoms with Crippen molar-refractivity contribution in [2.24, 2.45) is 0 Å². The summed E-state index contributed by atoms with van der Waals surface area (Å²) in [5.74, 6) is 0.203. The van der Waals surface area contributed by atoms with Gasteiger partial charge < -0.3 is 15.4 Å². The van der Waals surface area contributed by atoms with E-state index in [9.17, 15) is 10.0 Å². The van der Waals surface area contributed by atoms with Gasteiger partial charge in [0.1, 0.15) is 5.52 Å². The van der Waals surface area contributed by atoms with E-state index in [-0.39, 0.29) is 12.5 Å². The van der Waals surface area contributed by atoms with Crippen LogP contribution in [0.1, 0.15) is 0 Å². The Kier molecular flexibility index (Phi) is 2.44. The molecule has 0 aliphatic carbocycles. The zero-order valence-corrected chi connectivity index (χ0v) is 9.54. The number of anilines is 1. The van der Waals surface area contributed by atoms with E-state index in [1.807, 2.05) is 6.07 Å². The number of nitrogens with one attached hydrogen (secondary N) is 1. The van der Waals surface area contributed by atoms with Crippen LogP contribution in [0.2, 0.25) is 0 Å². The summed E-state index contributed by atoms with van der Waals surface area (Å²) >= 11 is 0. The molecule has 0 saturated carbocycles. The van der Waals surface area contributed by atoms with Crippen molar-refractivity contribution in [2.75, 3.05) is 24.5 Å². The minimum Gasteiger partial charge on any atom is -0.594 e. The molecule has 3 rings (SSSR count). The molecule has 92 valence electrons. The minimum absolute atomic E-state index is 0.0875. The number of benzene rings is 1. The van der Waals surface area contributed by atoms with E-state index < -0.39 is 0 Å². The van der Waals surface area contributed by atoms with Crippen LogP contribution in [-0.4, -0.2) is 35.6 Å². The van der Waals surface area contributed by atoms with Gasteiger partial charge in [0.05, 0.1) is 11.6 Å². The maximum Gasteiger partial charge on any atom is 0.293 e. The molecule has 1 N–H and O–H groups in total. The van der Waals surface area contributed by atoms with Crippen molar-refractivity contribution in [2.45, 2.75) is 0 Å². The highest BCUT2D eigenvalue weighted by atomic mass is 16.5. The smallest absolute Gasteiger partial charge is 0.293 e. The number of hydrogen-bond donors (Lipinski definition) is 1. The molecule has 2 heterocycles. The molecule has 1 saturated heterocycles. The summed E-state index contributed by atoms with van der Waals surface area (Å²) in [5.41, 5.74) is 0.992. The molecule has 0 atom stereocenters. The van der Waals surface area contributed by atoms with Gasteiger partial charge in [-0.3, -0.25) is 4.79 Å². The Morgan fingerprint density at radius 2 is 2.22 bits per heavy atom. The number of carbonyl (C=O) groups is 1. The fraction of sp³-hybridized carbons (Fsp3) is 0.273. The van der Waals surface area contributed by atoms with Crippen molar-refractivity contribution in [3.63, 3.8) is 0 Å². The van der Waals surface area contributed by atoms with Gasteiger partial charge in [-0.25, -0.2) is 4.98 Å². The fourth-order valence-corrected chi connectivity index (χ4v) is 1.93. The maximum atomic E-state index is 11.8. The molecule has 0 bridgehead atoms. The van der Waals surface area contributed by atoms with Crippen LogP contribution in [0, 0.1) is 5.21 Å². The van der Waals surface area contributed by atoms with E-state index >= 15 is 0 Å². The molecule has 7 nitrogen and oxygen atoms in total. The first kappa shape index (κ1) is 10.7. The maximum absolute atomic E-state index is 11.8. The SMILES string of the molecule is O=C1CN(c2nc3ccccc3[n+]([O-])n2)CCN1. The van der Waals surface area contributed by atoms with Gasteiger partial charge in [0, 0.05) is 19.2 Å². The lowest BCUT2D eigenvalue weighted by Gasteiger charge is -2.25. The Hall–Kier alpha value is -2.44. The Bertz CT molecular complexity index is 615. The number of aromatic nitrogens is 3. The first-order chi connectivity index (χ1) is 8.74. The quantitative estimate of drug-likeness (QED) is 0.525. The van der Waals surface area contributed by atoms with E-state index in [0.717, 1.165) is 0 Å². The highest BCUT2D eigenvalue weighted by Crippen LogP contribution is 2.11. The molecule has 1 aromatic carbocycles. The summed E-state index contributed by atoms with van der Waals surface area (Å²) in [5, 5.41) is 18.3. The second-order valence-corrected chi connectivity index (χ2v) is 4.04. The van der Waals surface area contributed by atoms with Crippen molar-refractivity contribution >= 4 is 22.9 Å². The zero-order chi connectivity index (χ0) is 12.5. The van der Waals surface area contributed by atoms with Crippen LogP contribution in [-0.2, 0) is 4.79 Å². The molecule has 7 heteroatoms. The van der Waals surface area contributed by atoms with E-state index in [2.05, 4.69) is 15.4 Å². The summed E-state index contributed by atoms with van der Waals surface area (Å²) < 4.78 is 0. The number of hydrogen-bond acceptors (Lipinski definition) is 5. The lowest BCUT2D eigenvalue weighted by atomic mass is 10.3. The molecule has 18 heavy (non-hydrogen) atoms. The highest BCUT2D eigenvalue weighted by molar-refractivity contribution is 5.82. The van der Waals surface area contributed by atoms with Gasteiger partial charge in [-0.05, 0) is 10.9 Å². The number of piperazine rings is 1. The lowest BCUT2D eigenvalue weighted by Crippen LogP contribution is -2.49. The number of para-hydroxylation sites is 2. The topological polar surface area (TPSA) is 85.1 Å². The summed E-state index contributed by atoms with van der Waals surface area (Å²) in [6, 6.07) is 6.98. The van der Waals surface area contributed by atoms with Gasteiger partial charge in [-0.15, -0.1) is 0 Å². The van der Waals surface area contributed by atoms with Crippen molar-refractivity contribution in [1.29, 1.82) is 0 Å². The van der Waals surface area contributed by atoms with Gasteiger partial charge in [-0.1, -0.05) is 12.1 Å². The van der Waals surface area contributed by atoms with Gasteiger partial charge >= 0.3 is 0 Å². The summed E-state index contributed by atoms with van der Waals surface area (Å²) in [7, 11) is 0. The van der Waals surface area contributed by atoms with Gasteiger partial charge in [-0.2, -0.15) is 0 Å². The standard InChI is InChI=1S/C11H11N5O2/c17-10-7-15(6-5-12-10)11-13-8-3-1-2-4-9(8)16(18)14-11/h1-4H,5-7H2,(H,12,17). The van der Waals surface area contributed by atoms with E-state index in [4.69, 9.17) is 0 Å². The Balaban J connectivity index is 2.04. The Labute approximate surface area is 103 Å². The van der Waals surface area contributed by atoms with Gasteiger partial charge in [0.2, 0.25) is 5.91 Å². The molecule has 0 spiro atoms. The van der Waals surface area contributed by atoms with E-state index in [1.165, 1.54) is 0 Å². The lowest BCUT2D eigenvalue weighted by molar-refractivity contribution is -0.641. The number of amides is 1.